The van der Waals surface area contributed by atoms with Crippen molar-refractivity contribution in [3.05, 3.63) is 30.0 Å². The molecule has 140 valence electrons. The molecule has 1 unspecified atom stereocenters. The Bertz CT molecular complexity index is 707. The van der Waals surface area contributed by atoms with Crippen molar-refractivity contribution < 1.29 is 14.2 Å². The van der Waals surface area contributed by atoms with Crippen LogP contribution in [-0.2, 0) is 11.2 Å². The summed E-state index contributed by atoms with van der Waals surface area (Å²) in [6, 6.07) is 5.91. The van der Waals surface area contributed by atoms with Crippen molar-refractivity contribution in [1.82, 2.24) is 15.2 Å². The number of aromatic nitrogens is 3. The Balaban J connectivity index is 1.49. The second kappa shape index (κ2) is 9.19. The zero-order valence-corrected chi connectivity index (χ0v) is 15.2. The maximum atomic E-state index is 5.58. The fourth-order valence-corrected chi connectivity index (χ4v) is 2.85. The quantitative estimate of drug-likeness (QED) is 0.704. The zero-order valence-electron chi connectivity index (χ0n) is 15.2. The van der Waals surface area contributed by atoms with E-state index in [1.54, 1.807) is 20.4 Å². The van der Waals surface area contributed by atoms with Crippen LogP contribution < -0.4 is 20.1 Å². The summed E-state index contributed by atoms with van der Waals surface area (Å²) in [6.07, 6.45) is 4.86. The highest BCUT2D eigenvalue weighted by molar-refractivity contribution is 5.43. The average Bonchev–Trinajstić information content (AvgIpc) is 3.20. The molecule has 1 aromatic heterocycles. The van der Waals surface area contributed by atoms with Crippen LogP contribution in [0.1, 0.15) is 18.4 Å². The summed E-state index contributed by atoms with van der Waals surface area (Å²) >= 11 is 0. The van der Waals surface area contributed by atoms with Gasteiger partial charge in [-0.25, -0.2) is 0 Å². The number of nitrogens with one attached hydrogen (secondary N) is 2. The summed E-state index contributed by atoms with van der Waals surface area (Å²) in [7, 11) is 3.27. The monoisotopic (exact) mass is 359 g/mol. The first kappa shape index (κ1) is 18.2. The maximum absolute atomic E-state index is 5.58. The largest absolute Gasteiger partial charge is 0.493 e. The second-order valence-electron chi connectivity index (χ2n) is 6.05. The predicted molar refractivity (Wildman–Crippen MR) is 99.0 cm³/mol. The number of benzene rings is 1. The summed E-state index contributed by atoms with van der Waals surface area (Å²) < 4.78 is 16.2. The first-order valence-electron chi connectivity index (χ1n) is 8.78. The van der Waals surface area contributed by atoms with Crippen molar-refractivity contribution in [2.75, 3.05) is 44.5 Å². The van der Waals surface area contributed by atoms with Crippen LogP contribution in [-0.4, -0.2) is 55.2 Å². The van der Waals surface area contributed by atoms with Crippen LogP contribution in [0.2, 0.25) is 0 Å². The van der Waals surface area contributed by atoms with Gasteiger partial charge in [0.1, 0.15) is 0 Å². The van der Waals surface area contributed by atoms with Gasteiger partial charge in [-0.1, -0.05) is 6.07 Å². The van der Waals surface area contributed by atoms with Gasteiger partial charge < -0.3 is 24.8 Å². The van der Waals surface area contributed by atoms with Crippen molar-refractivity contribution >= 4 is 11.8 Å². The number of ether oxygens (including phenoxy) is 3. The van der Waals surface area contributed by atoms with E-state index in [1.165, 1.54) is 0 Å². The molecule has 1 saturated heterocycles. The van der Waals surface area contributed by atoms with Gasteiger partial charge >= 0.3 is 0 Å². The number of hydrogen-bond donors (Lipinski definition) is 2. The van der Waals surface area contributed by atoms with E-state index in [1.807, 2.05) is 18.2 Å². The predicted octanol–water partition coefficient (Wildman–Crippen LogP) is 2.13. The Kier molecular flexibility index (Phi) is 6.43. The lowest BCUT2D eigenvalue weighted by Crippen LogP contribution is -2.20. The molecule has 26 heavy (non-hydrogen) atoms. The first-order valence-corrected chi connectivity index (χ1v) is 8.78. The summed E-state index contributed by atoms with van der Waals surface area (Å²) in [5, 5.41) is 14.5. The topological polar surface area (TPSA) is 90.4 Å². The number of anilines is 2. The molecule has 0 spiro atoms. The molecule has 0 radical (unpaired) electrons. The van der Waals surface area contributed by atoms with E-state index in [-0.39, 0.29) is 6.10 Å². The van der Waals surface area contributed by atoms with Gasteiger partial charge in [0.15, 0.2) is 17.3 Å². The van der Waals surface area contributed by atoms with E-state index < -0.39 is 0 Å². The van der Waals surface area contributed by atoms with Gasteiger partial charge in [-0.3, -0.25) is 0 Å². The van der Waals surface area contributed by atoms with Gasteiger partial charge in [0, 0.05) is 19.7 Å². The van der Waals surface area contributed by atoms with Crippen molar-refractivity contribution in [3.8, 4) is 11.5 Å². The van der Waals surface area contributed by atoms with E-state index in [4.69, 9.17) is 14.2 Å². The third kappa shape index (κ3) is 4.95. The molecule has 2 aromatic rings. The van der Waals surface area contributed by atoms with E-state index >= 15 is 0 Å². The lowest BCUT2D eigenvalue weighted by atomic mass is 10.1. The minimum atomic E-state index is 0.236. The molecule has 1 fully saturated rings. The molecule has 1 aromatic carbocycles. The summed E-state index contributed by atoms with van der Waals surface area (Å²) in [4.78, 5) is 4.43. The standard InChI is InChI=1S/C18H25N5O3/c1-24-15-6-5-13(10-16(15)25-2)7-8-19-17-12-21-23-18(22-17)20-11-14-4-3-9-26-14/h5-6,10,12,14H,3-4,7-9,11H2,1-2H3,(H2,19,20,22,23). The number of hydrogen-bond acceptors (Lipinski definition) is 8. The van der Waals surface area contributed by atoms with Crippen molar-refractivity contribution in [3.63, 3.8) is 0 Å². The van der Waals surface area contributed by atoms with Gasteiger partial charge in [0.2, 0.25) is 5.95 Å². The van der Waals surface area contributed by atoms with Crippen LogP contribution >= 0.6 is 0 Å². The third-order valence-corrected chi connectivity index (χ3v) is 4.24. The van der Waals surface area contributed by atoms with E-state index in [2.05, 4.69) is 25.8 Å². The molecule has 2 heterocycles. The van der Waals surface area contributed by atoms with Crippen molar-refractivity contribution in [1.29, 1.82) is 0 Å². The van der Waals surface area contributed by atoms with Crippen LogP contribution in [0.3, 0.4) is 0 Å². The van der Waals surface area contributed by atoms with Crippen LogP contribution in [0.5, 0.6) is 11.5 Å². The number of nitrogens with zero attached hydrogens (tertiary/aromatic N) is 3. The number of methoxy groups -OCH3 is 2. The molecule has 3 rings (SSSR count). The minimum Gasteiger partial charge on any atom is -0.493 e. The summed E-state index contributed by atoms with van der Waals surface area (Å²) in [5.74, 6) is 2.66. The van der Waals surface area contributed by atoms with Gasteiger partial charge in [-0.2, -0.15) is 10.1 Å². The van der Waals surface area contributed by atoms with Crippen LogP contribution in [0, 0.1) is 0 Å². The van der Waals surface area contributed by atoms with Gasteiger partial charge in [-0.05, 0) is 37.0 Å². The lowest BCUT2D eigenvalue weighted by molar-refractivity contribution is 0.120. The summed E-state index contributed by atoms with van der Waals surface area (Å²) in [5.41, 5.74) is 1.15. The van der Waals surface area contributed by atoms with Crippen molar-refractivity contribution in [2.24, 2.45) is 0 Å². The normalized spacial score (nSPS) is 16.3. The number of rotatable bonds is 9. The highest BCUT2D eigenvalue weighted by Crippen LogP contribution is 2.27. The SMILES string of the molecule is COc1ccc(CCNc2cnnc(NCC3CCCO3)n2)cc1OC. The van der Waals surface area contributed by atoms with Gasteiger partial charge in [0.25, 0.3) is 0 Å². The van der Waals surface area contributed by atoms with Crippen LogP contribution in [0.15, 0.2) is 24.4 Å². The highest BCUT2D eigenvalue weighted by Gasteiger charge is 2.15. The average molecular weight is 359 g/mol. The molecule has 8 heteroatoms. The zero-order chi connectivity index (χ0) is 18.2. The van der Waals surface area contributed by atoms with Crippen LogP contribution in [0.4, 0.5) is 11.8 Å². The molecule has 0 amide bonds. The fraction of sp³-hybridized carbons (Fsp3) is 0.500. The molecule has 8 nitrogen and oxygen atoms in total. The Morgan fingerprint density at radius 2 is 2.08 bits per heavy atom. The molecule has 0 bridgehead atoms. The molecular formula is C18H25N5O3. The Morgan fingerprint density at radius 1 is 1.19 bits per heavy atom. The molecule has 0 aliphatic carbocycles. The maximum Gasteiger partial charge on any atom is 0.244 e. The van der Waals surface area contributed by atoms with Gasteiger partial charge in [-0.15, -0.1) is 5.10 Å². The molecule has 1 aliphatic heterocycles. The van der Waals surface area contributed by atoms with Crippen LogP contribution in [0.25, 0.3) is 0 Å². The third-order valence-electron chi connectivity index (χ3n) is 4.24. The summed E-state index contributed by atoms with van der Waals surface area (Å²) in [6.45, 7) is 2.26. The smallest absolute Gasteiger partial charge is 0.244 e. The molecule has 2 N–H and O–H groups in total. The lowest BCUT2D eigenvalue weighted by Gasteiger charge is -2.12. The van der Waals surface area contributed by atoms with E-state index in [0.29, 0.717) is 18.3 Å². The fourth-order valence-electron chi connectivity index (χ4n) is 2.85. The first-order chi connectivity index (χ1) is 12.8. The van der Waals surface area contributed by atoms with Crippen molar-refractivity contribution in [2.45, 2.75) is 25.4 Å². The minimum absolute atomic E-state index is 0.236. The van der Waals surface area contributed by atoms with E-state index in [0.717, 1.165) is 49.5 Å². The Hall–Kier alpha value is -2.61. The molecule has 1 atom stereocenters. The second-order valence-corrected chi connectivity index (χ2v) is 6.05. The highest BCUT2D eigenvalue weighted by atomic mass is 16.5. The molecular weight excluding hydrogens is 334 g/mol. The van der Waals surface area contributed by atoms with Gasteiger partial charge in [0.05, 0.1) is 26.5 Å². The van der Waals surface area contributed by atoms with E-state index in [9.17, 15) is 0 Å². The Morgan fingerprint density at radius 3 is 2.85 bits per heavy atom. The molecule has 0 saturated carbocycles. The Labute approximate surface area is 153 Å². The molecule has 1 aliphatic rings.